The van der Waals surface area contributed by atoms with Gasteiger partial charge in [0, 0.05) is 16.9 Å². The highest BCUT2D eigenvalue weighted by Crippen LogP contribution is 2.36. The van der Waals surface area contributed by atoms with E-state index in [-0.39, 0.29) is 10.8 Å². The zero-order valence-corrected chi connectivity index (χ0v) is 21.3. The first-order chi connectivity index (χ1) is 16.4. The summed E-state index contributed by atoms with van der Waals surface area (Å²) in [5.74, 6) is -0.295. The van der Waals surface area contributed by atoms with Gasteiger partial charge in [0.2, 0.25) is 0 Å². The molecule has 0 aliphatic carbocycles. The van der Waals surface area contributed by atoms with Gasteiger partial charge in [-0.1, -0.05) is 29.8 Å². The molecule has 3 aromatic carbocycles. The van der Waals surface area contributed by atoms with Crippen LogP contribution in [0.15, 0.2) is 77.7 Å². The summed E-state index contributed by atoms with van der Waals surface area (Å²) in [6, 6.07) is 20.2. The van der Waals surface area contributed by atoms with E-state index in [4.69, 9.17) is 9.31 Å². The van der Waals surface area contributed by atoms with Gasteiger partial charge in [-0.3, -0.25) is 9.52 Å². The second-order valence-electron chi connectivity index (χ2n) is 9.66. The molecule has 35 heavy (non-hydrogen) atoms. The molecule has 0 bridgehead atoms. The van der Waals surface area contributed by atoms with Crippen LogP contribution in [0.5, 0.6) is 0 Å². The van der Waals surface area contributed by atoms with Crippen molar-refractivity contribution in [3.63, 3.8) is 0 Å². The Balaban J connectivity index is 1.43. The summed E-state index contributed by atoms with van der Waals surface area (Å²) < 4.78 is 39.9. The van der Waals surface area contributed by atoms with Crippen molar-refractivity contribution in [1.29, 1.82) is 0 Å². The highest BCUT2D eigenvalue weighted by atomic mass is 32.2. The van der Waals surface area contributed by atoms with Crippen molar-refractivity contribution in [3.8, 4) is 0 Å². The average Bonchev–Trinajstić information content (AvgIpc) is 3.02. The number of benzene rings is 3. The monoisotopic (exact) mass is 492 g/mol. The number of amides is 1. The van der Waals surface area contributed by atoms with E-state index in [1.54, 1.807) is 66.7 Å². The molecule has 182 valence electrons. The van der Waals surface area contributed by atoms with Crippen molar-refractivity contribution in [2.24, 2.45) is 0 Å². The van der Waals surface area contributed by atoms with E-state index in [2.05, 4.69) is 10.0 Å². The standard InChI is InChI=1S/C26H29BN2O5S/c1-18-9-15-23(16-10-18)35(31,32)29-22-13-11-21(12-14-22)28-24(30)19-7-6-8-20(17-19)27-33-25(2,3)26(4,5)34-27/h6-17,29H,1-5H3,(H,28,30). The van der Waals surface area contributed by atoms with Crippen LogP contribution in [0.1, 0.15) is 43.6 Å². The molecular weight excluding hydrogens is 463 g/mol. The van der Waals surface area contributed by atoms with Crippen LogP contribution in [0.4, 0.5) is 11.4 Å². The maximum Gasteiger partial charge on any atom is 0.494 e. The number of nitrogens with one attached hydrogen (secondary N) is 2. The Morgan fingerprint density at radius 3 is 2.00 bits per heavy atom. The van der Waals surface area contributed by atoms with E-state index in [9.17, 15) is 13.2 Å². The Hall–Kier alpha value is -3.14. The molecule has 0 spiro atoms. The number of carbonyl (C=O) groups excluding carboxylic acids is 1. The van der Waals surface area contributed by atoms with Crippen LogP contribution in [0.3, 0.4) is 0 Å². The van der Waals surface area contributed by atoms with Crippen molar-refractivity contribution in [1.82, 2.24) is 0 Å². The number of rotatable bonds is 6. The number of anilines is 2. The third kappa shape index (κ3) is 5.42. The molecule has 3 aromatic rings. The number of aryl methyl sites for hydroxylation is 1. The SMILES string of the molecule is Cc1ccc(S(=O)(=O)Nc2ccc(NC(=O)c3cccc(B4OC(C)(C)C(C)(C)O4)c3)cc2)cc1. The van der Waals surface area contributed by atoms with E-state index in [1.807, 2.05) is 40.7 Å². The summed E-state index contributed by atoms with van der Waals surface area (Å²) >= 11 is 0. The molecule has 0 aromatic heterocycles. The minimum atomic E-state index is -3.70. The summed E-state index contributed by atoms with van der Waals surface area (Å²) in [5, 5.41) is 2.84. The van der Waals surface area contributed by atoms with Gasteiger partial charge >= 0.3 is 7.12 Å². The Morgan fingerprint density at radius 2 is 1.40 bits per heavy atom. The second-order valence-corrected chi connectivity index (χ2v) is 11.3. The molecule has 0 radical (unpaired) electrons. The predicted molar refractivity (Wildman–Crippen MR) is 139 cm³/mol. The molecule has 7 nitrogen and oxygen atoms in total. The summed E-state index contributed by atoms with van der Waals surface area (Å²) in [4.78, 5) is 13.0. The molecule has 0 unspecified atom stereocenters. The van der Waals surface area contributed by atoms with E-state index in [0.717, 1.165) is 11.0 Å². The summed E-state index contributed by atoms with van der Waals surface area (Å²) in [7, 11) is -4.26. The van der Waals surface area contributed by atoms with Crippen LogP contribution in [0.25, 0.3) is 0 Å². The first-order valence-corrected chi connectivity index (χ1v) is 12.8. The molecular formula is C26H29BN2O5S. The lowest BCUT2D eigenvalue weighted by Gasteiger charge is -2.32. The summed E-state index contributed by atoms with van der Waals surface area (Å²) in [6.07, 6.45) is 0. The van der Waals surface area contributed by atoms with Crippen LogP contribution in [-0.2, 0) is 19.3 Å². The van der Waals surface area contributed by atoms with Gasteiger partial charge in [-0.05, 0) is 88.6 Å². The number of carbonyl (C=O) groups is 1. The third-order valence-electron chi connectivity index (χ3n) is 6.40. The molecule has 4 rings (SSSR count). The van der Waals surface area contributed by atoms with Crippen molar-refractivity contribution in [3.05, 3.63) is 83.9 Å². The van der Waals surface area contributed by atoms with Crippen molar-refractivity contribution < 1.29 is 22.5 Å². The van der Waals surface area contributed by atoms with Crippen molar-refractivity contribution in [2.75, 3.05) is 10.0 Å². The number of hydrogen-bond acceptors (Lipinski definition) is 5. The molecule has 1 saturated heterocycles. The highest BCUT2D eigenvalue weighted by Gasteiger charge is 2.51. The smallest absolute Gasteiger partial charge is 0.399 e. The summed E-state index contributed by atoms with van der Waals surface area (Å²) in [5.41, 5.74) is 2.18. The topological polar surface area (TPSA) is 93.7 Å². The largest absolute Gasteiger partial charge is 0.494 e. The van der Waals surface area contributed by atoms with Crippen LogP contribution in [-0.4, -0.2) is 32.6 Å². The summed E-state index contributed by atoms with van der Waals surface area (Å²) in [6.45, 7) is 9.81. The fourth-order valence-corrected chi connectivity index (χ4v) is 4.62. The maximum absolute atomic E-state index is 12.9. The van der Waals surface area contributed by atoms with Gasteiger partial charge in [-0.25, -0.2) is 8.42 Å². The predicted octanol–water partition coefficient (Wildman–Crippen LogP) is 4.35. The van der Waals surface area contributed by atoms with Gasteiger partial charge in [0.05, 0.1) is 16.1 Å². The third-order valence-corrected chi connectivity index (χ3v) is 7.80. The Bertz CT molecular complexity index is 1320. The van der Waals surface area contributed by atoms with Crippen LogP contribution >= 0.6 is 0 Å². The molecule has 2 N–H and O–H groups in total. The molecule has 9 heteroatoms. The number of hydrogen-bond donors (Lipinski definition) is 2. The maximum atomic E-state index is 12.9. The first-order valence-electron chi connectivity index (χ1n) is 11.3. The Kier molecular flexibility index (Phi) is 6.53. The fraction of sp³-hybridized carbons (Fsp3) is 0.269. The molecule has 1 heterocycles. The van der Waals surface area contributed by atoms with Gasteiger partial charge in [0.1, 0.15) is 0 Å². The first kappa shape index (κ1) is 25.0. The van der Waals surface area contributed by atoms with E-state index < -0.39 is 28.3 Å². The molecule has 1 aliphatic heterocycles. The van der Waals surface area contributed by atoms with Crippen molar-refractivity contribution in [2.45, 2.75) is 50.7 Å². The lowest BCUT2D eigenvalue weighted by Crippen LogP contribution is -2.41. The van der Waals surface area contributed by atoms with Gasteiger partial charge in [0.15, 0.2) is 0 Å². The van der Waals surface area contributed by atoms with E-state index >= 15 is 0 Å². The van der Waals surface area contributed by atoms with Gasteiger partial charge in [-0.2, -0.15) is 0 Å². The van der Waals surface area contributed by atoms with E-state index in [0.29, 0.717) is 16.9 Å². The Labute approximate surface area is 207 Å². The van der Waals surface area contributed by atoms with Gasteiger partial charge < -0.3 is 14.6 Å². The van der Waals surface area contributed by atoms with Crippen molar-refractivity contribution >= 4 is 39.9 Å². The Morgan fingerprint density at radius 1 is 0.829 bits per heavy atom. The minimum absolute atomic E-state index is 0.183. The molecule has 0 saturated carbocycles. The quantitative estimate of drug-likeness (QED) is 0.500. The molecule has 1 fully saturated rings. The van der Waals surface area contributed by atoms with E-state index in [1.165, 1.54) is 0 Å². The zero-order valence-electron chi connectivity index (χ0n) is 20.5. The molecule has 1 aliphatic rings. The normalized spacial score (nSPS) is 16.7. The highest BCUT2D eigenvalue weighted by molar-refractivity contribution is 7.92. The second kappa shape index (κ2) is 9.15. The average molecular weight is 492 g/mol. The van der Waals surface area contributed by atoms with Crippen LogP contribution in [0.2, 0.25) is 0 Å². The van der Waals surface area contributed by atoms with Crippen LogP contribution < -0.4 is 15.5 Å². The zero-order chi connectivity index (χ0) is 25.4. The van der Waals surface area contributed by atoms with Gasteiger partial charge in [-0.15, -0.1) is 0 Å². The molecule has 0 atom stereocenters. The lowest BCUT2D eigenvalue weighted by molar-refractivity contribution is 0.00578. The minimum Gasteiger partial charge on any atom is -0.399 e. The lowest BCUT2D eigenvalue weighted by atomic mass is 9.78. The molecule has 1 amide bonds. The van der Waals surface area contributed by atoms with Gasteiger partial charge in [0.25, 0.3) is 15.9 Å². The van der Waals surface area contributed by atoms with Crippen LogP contribution in [0, 0.1) is 6.92 Å². The fourth-order valence-electron chi connectivity index (χ4n) is 3.56. The number of sulfonamides is 1.